The topological polar surface area (TPSA) is 67.1 Å². The Balaban J connectivity index is 2.17. The molecule has 5 nitrogen and oxygen atoms in total. The van der Waals surface area contributed by atoms with Crippen molar-refractivity contribution in [2.24, 2.45) is 5.84 Å². The molecule has 6 heteroatoms. The van der Waals surface area contributed by atoms with Crippen LogP contribution in [0.25, 0.3) is 10.2 Å². The summed E-state index contributed by atoms with van der Waals surface area (Å²) in [6.07, 6.45) is 2.52. The Morgan fingerprint density at radius 1 is 1.50 bits per heavy atom. The van der Waals surface area contributed by atoms with Gasteiger partial charge in [-0.1, -0.05) is 0 Å². The average molecular weight is 263 g/mol. The van der Waals surface area contributed by atoms with Crippen LogP contribution in [0, 0.1) is 6.92 Å². The number of nitrogens with two attached hydrogens (primary N) is 1. The van der Waals surface area contributed by atoms with E-state index in [0.29, 0.717) is 12.0 Å². The number of thiophene rings is 1. The summed E-state index contributed by atoms with van der Waals surface area (Å²) in [5.41, 5.74) is 2.56. The van der Waals surface area contributed by atoms with E-state index in [4.69, 9.17) is 5.84 Å². The number of aryl methyl sites for hydroxylation is 1. The second kappa shape index (κ2) is 4.37. The van der Waals surface area contributed by atoms with Crippen LogP contribution in [0.3, 0.4) is 0 Å². The second-order valence-corrected chi connectivity index (χ2v) is 5.84. The molecule has 0 aromatic carbocycles. The number of nitrogens with one attached hydrogen (secondary N) is 1. The molecule has 2 aromatic heterocycles. The van der Waals surface area contributed by atoms with E-state index in [0.717, 1.165) is 22.6 Å². The van der Waals surface area contributed by atoms with E-state index < -0.39 is 0 Å². The third-order valence-corrected chi connectivity index (χ3v) is 4.17. The fourth-order valence-electron chi connectivity index (χ4n) is 2.28. The monoisotopic (exact) mass is 263 g/mol. The van der Waals surface area contributed by atoms with Crippen LogP contribution in [0.5, 0.6) is 0 Å². The summed E-state index contributed by atoms with van der Waals surface area (Å²) >= 11 is 1.68. The molecule has 0 aliphatic heterocycles. The van der Waals surface area contributed by atoms with Crippen LogP contribution in [0.4, 0.5) is 11.8 Å². The molecule has 96 valence electrons. The first-order valence-corrected chi connectivity index (χ1v) is 7.06. The number of nitrogen functional groups attached to an aromatic ring is 1. The van der Waals surface area contributed by atoms with Crippen molar-refractivity contribution >= 4 is 33.3 Å². The van der Waals surface area contributed by atoms with Crippen molar-refractivity contribution in [3.05, 3.63) is 10.9 Å². The number of nitrogens with zero attached hydrogens (tertiary/aromatic N) is 3. The number of fused-ring (bicyclic) bond motifs is 1. The van der Waals surface area contributed by atoms with Crippen LogP contribution < -0.4 is 16.2 Å². The maximum absolute atomic E-state index is 5.46. The van der Waals surface area contributed by atoms with Crippen LogP contribution in [0.15, 0.2) is 6.07 Å². The number of hydrogen-bond acceptors (Lipinski definition) is 6. The molecule has 18 heavy (non-hydrogen) atoms. The van der Waals surface area contributed by atoms with E-state index in [9.17, 15) is 0 Å². The van der Waals surface area contributed by atoms with Crippen LogP contribution in [0.1, 0.15) is 24.6 Å². The maximum Gasteiger partial charge on any atom is 0.240 e. The van der Waals surface area contributed by atoms with Gasteiger partial charge in [0.15, 0.2) is 0 Å². The number of hydrazine groups is 1. The summed E-state index contributed by atoms with van der Waals surface area (Å²) in [5.74, 6) is 6.98. The summed E-state index contributed by atoms with van der Waals surface area (Å²) in [4.78, 5) is 13.6. The number of hydrogen-bond donors (Lipinski definition) is 2. The van der Waals surface area contributed by atoms with Gasteiger partial charge in [-0.15, -0.1) is 11.3 Å². The molecule has 2 heterocycles. The molecule has 1 aliphatic rings. The Morgan fingerprint density at radius 2 is 2.28 bits per heavy atom. The highest BCUT2D eigenvalue weighted by Gasteiger charge is 2.30. The SMILES string of the molecule is CCN(c1nc(NN)nc2sc(C)cc12)C1CC1. The third kappa shape index (κ3) is 1.91. The van der Waals surface area contributed by atoms with E-state index in [2.05, 4.69) is 40.2 Å². The van der Waals surface area contributed by atoms with Gasteiger partial charge in [0.1, 0.15) is 10.6 Å². The average Bonchev–Trinajstić information content (AvgIpc) is 3.11. The van der Waals surface area contributed by atoms with Gasteiger partial charge >= 0.3 is 0 Å². The first-order chi connectivity index (χ1) is 8.72. The third-order valence-electron chi connectivity index (χ3n) is 3.23. The molecule has 0 radical (unpaired) electrons. The first-order valence-electron chi connectivity index (χ1n) is 6.24. The van der Waals surface area contributed by atoms with Crippen LogP contribution in [-0.2, 0) is 0 Å². The van der Waals surface area contributed by atoms with E-state index in [1.54, 1.807) is 11.3 Å². The van der Waals surface area contributed by atoms with Crippen LogP contribution in [-0.4, -0.2) is 22.6 Å². The molecular weight excluding hydrogens is 246 g/mol. The lowest BCUT2D eigenvalue weighted by Crippen LogP contribution is -2.27. The van der Waals surface area contributed by atoms with Crippen molar-refractivity contribution < 1.29 is 0 Å². The predicted octanol–water partition coefficient (Wildman–Crippen LogP) is 2.27. The Kier molecular flexibility index (Phi) is 2.83. The van der Waals surface area contributed by atoms with Gasteiger partial charge in [0.25, 0.3) is 0 Å². The van der Waals surface area contributed by atoms with E-state index in [-0.39, 0.29) is 0 Å². The fraction of sp³-hybridized carbons (Fsp3) is 0.500. The molecule has 2 aromatic rings. The van der Waals surface area contributed by atoms with Crippen molar-refractivity contribution in [2.75, 3.05) is 16.9 Å². The lowest BCUT2D eigenvalue weighted by atomic mass is 10.3. The minimum absolute atomic E-state index is 0.499. The van der Waals surface area contributed by atoms with Crippen molar-refractivity contribution in [3.63, 3.8) is 0 Å². The molecule has 1 saturated carbocycles. The lowest BCUT2D eigenvalue weighted by Gasteiger charge is -2.22. The smallest absolute Gasteiger partial charge is 0.240 e. The van der Waals surface area contributed by atoms with Gasteiger partial charge in [0.05, 0.1) is 5.39 Å². The zero-order valence-corrected chi connectivity index (χ0v) is 11.4. The predicted molar refractivity (Wildman–Crippen MR) is 76.0 cm³/mol. The quantitative estimate of drug-likeness (QED) is 0.654. The minimum Gasteiger partial charge on any atom is -0.353 e. The van der Waals surface area contributed by atoms with E-state index in [1.807, 2.05) is 0 Å². The van der Waals surface area contributed by atoms with Gasteiger partial charge in [-0.3, -0.25) is 5.43 Å². The highest BCUT2D eigenvalue weighted by atomic mass is 32.1. The van der Waals surface area contributed by atoms with Crippen molar-refractivity contribution in [1.82, 2.24) is 9.97 Å². The van der Waals surface area contributed by atoms with Crippen molar-refractivity contribution in [3.8, 4) is 0 Å². The summed E-state index contributed by atoms with van der Waals surface area (Å²) in [6, 6.07) is 2.81. The number of aromatic nitrogens is 2. The number of rotatable bonds is 4. The Labute approximate surface area is 110 Å². The van der Waals surface area contributed by atoms with Gasteiger partial charge in [-0.2, -0.15) is 4.98 Å². The van der Waals surface area contributed by atoms with Gasteiger partial charge in [0, 0.05) is 17.5 Å². The highest BCUT2D eigenvalue weighted by Crippen LogP contribution is 2.37. The molecule has 0 unspecified atom stereocenters. The molecule has 1 aliphatic carbocycles. The van der Waals surface area contributed by atoms with Gasteiger partial charge < -0.3 is 4.90 Å². The molecule has 3 rings (SSSR count). The van der Waals surface area contributed by atoms with Gasteiger partial charge in [0.2, 0.25) is 5.95 Å². The van der Waals surface area contributed by atoms with E-state index >= 15 is 0 Å². The fourth-order valence-corrected chi connectivity index (χ4v) is 3.15. The largest absolute Gasteiger partial charge is 0.353 e. The lowest BCUT2D eigenvalue weighted by molar-refractivity contribution is 0.812. The first kappa shape index (κ1) is 11.7. The maximum atomic E-state index is 5.46. The molecule has 0 bridgehead atoms. The van der Waals surface area contributed by atoms with E-state index in [1.165, 1.54) is 17.7 Å². The molecular formula is C12H17N5S. The molecule has 3 N–H and O–H groups in total. The minimum atomic E-state index is 0.499. The Morgan fingerprint density at radius 3 is 2.89 bits per heavy atom. The molecule has 0 atom stereocenters. The summed E-state index contributed by atoms with van der Waals surface area (Å²) < 4.78 is 0. The van der Waals surface area contributed by atoms with Crippen LogP contribution in [0.2, 0.25) is 0 Å². The molecule has 1 fully saturated rings. The Hall–Kier alpha value is -1.40. The Bertz CT molecular complexity index is 575. The normalized spacial score (nSPS) is 15.1. The standard InChI is InChI=1S/C12H17N5S/c1-3-17(8-4-5-8)10-9-6-7(2)18-11(9)15-12(14-10)16-13/h6,8H,3-5,13H2,1-2H3,(H,14,15,16). The zero-order chi connectivity index (χ0) is 12.7. The molecule has 0 spiro atoms. The van der Waals surface area contributed by atoms with Crippen LogP contribution >= 0.6 is 11.3 Å². The summed E-state index contributed by atoms with van der Waals surface area (Å²) in [6.45, 7) is 5.23. The summed E-state index contributed by atoms with van der Waals surface area (Å²) in [5, 5.41) is 1.14. The molecule has 0 saturated heterocycles. The van der Waals surface area contributed by atoms with Gasteiger partial charge in [-0.05, 0) is 32.8 Å². The van der Waals surface area contributed by atoms with Crippen molar-refractivity contribution in [1.29, 1.82) is 0 Å². The van der Waals surface area contributed by atoms with Crippen molar-refractivity contribution in [2.45, 2.75) is 32.7 Å². The zero-order valence-electron chi connectivity index (χ0n) is 10.6. The summed E-state index contributed by atoms with van der Waals surface area (Å²) in [7, 11) is 0. The number of anilines is 2. The van der Waals surface area contributed by atoms with Gasteiger partial charge in [-0.25, -0.2) is 10.8 Å². The molecule has 0 amide bonds. The second-order valence-electron chi connectivity index (χ2n) is 4.61. The highest BCUT2D eigenvalue weighted by molar-refractivity contribution is 7.18.